The number of thioether (sulfide) groups is 1. The van der Waals surface area contributed by atoms with Crippen molar-refractivity contribution in [2.24, 2.45) is 0 Å². The second kappa shape index (κ2) is 19.2. The quantitative estimate of drug-likeness (QED) is 0.159. The van der Waals surface area contributed by atoms with Gasteiger partial charge in [-0.15, -0.1) is 28.7 Å². The first-order chi connectivity index (χ1) is 18.2. The summed E-state index contributed by atoms with van der Waals surface area (Å²) in [6, 6.07) is 16.7. The van der Waals surface area contributed by atoms with E-state index in [1.165, 1.54) is 68.9 Å². The number of nitrogens with zero attached hydrogens (tertiary/aromatic N) is 2. The van der Waals surface area contributed by atoms with E-state index < -0.39 is 0 Å². The maximum Gasteiger partial charge on any atom is 0.223 e. The Labute approximate surface area is 246 Å². The Hall–Kier alpha value is -1.92. The average molecular weight is 604 g/mol. The lowest BCUT2D eigenvalue weighted by Crippen LogP contribution is -2.30. The highest BCUT2D eigenvalue weighted by Gasteiger charge is 2.12. The predicted molar refractivity (Wildman–Crippen MR) is 169 cm³/mol. The standard InChI is InChI=1S/C32H46N2O2S.BrH/c1-3-4-5-6-7-8-9-10-11-12-24-36-32-19-15-29(16-20-32)21-22-34(28(2)35)31-17-13-30(14-18-31)26-33-23-25-37-27-33;/h13-20,23,25H,3-12,21-22,24,26-27H2,1-2H3;1H. The molecule has 1 heterocycles. The molecule has 0 fully saturated rings. The summed E-state index contributed by atoms with van der Waals surface area (Å²) in [4.78, 5) is 16.5. The van der Waals surface area contributed by atoms with Gasteiger partial charge in [0.05, 0.1) is 12.5 Å². The third-order valence-electron chi connectivity index (χ3n) is 6.94. The maximum atomic E-state index is 12.4. The van der Waals surface area contributed by atoms with Crippen LogP contribution in [0.25, 0.3) is 0 Å². The molecule has 210 valence electrons. The van der Waals surface area contributed by atoms with Crippen LogP contribution in [-0.4, -0.2) is 29.8 Å². The summed E-state index contributed by atoms with van der Waals surface area (Å²) in [6.07, 6.45) is 16.3. The van der Waals surface area contributed by atoms with E-state index in [0.717, 1.165) is 43.3 Å². The van der Waals surface area contributed by atoms with Crippen molar-refractivity contribution in [3.05, 3.63) is 71.3 Å². The van der Waals surface area contributed by atoms with E-state index >= 15 is 0 Å². The number of carbonyl (C=O) groups excluding carboxylic acids is 1. The van der Waals surface area contributed by atoms with E-state index in [2.05, 4.69) is 72.0 Å². The SMILES string of the molecule is Br.CCCCCCCCCCCCOc1ccc(CCN(C(C)=O)c2ccc(CN3C=CSC3)cc2)cc1. The van der Waals surface area contributed by atoms with Crippen LogP contribution in [0.3, 0.4) is 0 Å². The van der Waals surface area contributed by atoms with Gasteiger partial charge in [-0.3, -0.25) is 4.79 Å². The Morgan fingerprint density at radius 1 is 0.868 bits per heavy atom. The molecule has 3 rings (SSSR count). The Morgan fingerprint density at radius 2 is 1.47 bits per heavy atom. The van der Waals surface area contributed by atoms with Crippen LogP contribution in [0, 0.1) is 0 Å². The van der Waals surface area contributed by atoms with E-state index in [1.807, 2.05) is 16.7 Å². The summed E-state index contributed by atoms with van der Waals surface area (Å²) in [6.45, 7) is 6.27. The average Bonchev–Trinajstić information content (AvgIpc) is 3.42. The third kappa shape index (κ3) is 12.3. The fourth-order valence-corrected chi connectivity index (χ4v) is 5.38. The lowest BCUT2D eigenvalue weighted by molar-refractivity contribution is -0.116. The van der Waals surface area contributed by atoms with Crippen LogP contribution in [-0.2, 0) is 17.8 Å². The number of unbranched alkanes of at least 4 members (excludes halogenated alkanes) is 9. The van der Waals surface area contributed by atoms with Crippen molar-refractivity contribution in [2.45, 2.75) is 91.0 Å². The lowest BCUT2D eigenvalue weighted by atomic mass is 10.1. The number of carbonyl (C=O) groups is 1. The Balaban J connectivity index is 0.00000507. The largest absolute Gasteiger partial charge is 0.494 e. The highest BCUT2D eigenvalue weighted by atomic mass is 79.9. The number of benzene rings is 2. The van der Waals surface area contributed by atoms with E-state index in [0.29, 0.717) is 6.54 Å². The second-order valence-electron chi connectivity index (χ2n) is 10.1. The van der Waals surface area contributed by atoms with Gasteiger partial charge in [0.1, 0.15) is 5.75 Å². The molecular formula is C32H47BrN2O2S. The summed E-state index contributed by atoms with van der Waals surface area (Å²) in [5, 5.41) is 2.13. The van der Waals surface area contributed by atoms with Crippen molar-refractivity contribution in [3.63, 3.8) is 0 Å². The zero-order valence-electron chi connectivity index (χ0n) is 23.4. The predicted octanol–water partition coefficient (Wildman–Crippen LogP) is 9.14. The van der Waals surface area contributed by atoms with Gasteiger partial charge in [-0.1, -0.05) is 89.0 Å². The molecular weight excluding hydrogens is 556 g/mol. The number of amides is 1. The molecule has 0 saturated heterocycles. The summed E-state index contributed by atoms with van der Waals surface area (Å²) in [5.41, 5.74) is 3.43. The van der Waals surface area contributed by atoms with Gasteiger partial charge in [-0.25, -0.2) is 0 Å². The van der Waals surface area contributed by atoms with E-state index in [9.17, 15) is 4.79 Å². The van der Waals surface area contributed by atoms with Gasteiger partial charge in [0, 0.05) is 31.9 Å². The van der Waals surface area contributed by atoms with Crippen LogP contribution in [0.2, 0.25) is 0 Å². The van der Waals surface area contributed by atoms with Crippen molar-refractivity contribution in [1.29, 1.82) is 0 Å². The maximum absolute atomic E-state index is 12.4. The highest BCUT2D eigenvalue weighted by molar-refractivity contribution is 8.93. The fourth-order valence-electron chi connectivity index (χ4n) is 4.67. The third-order valence-corrected chi connectivity index (χ3v) is 7.73. The first-order valence-electron chi connectivity index (χ1n) is 14.3. The smallest absolute Gasteiger partial charge is 0.223 e. The number of anilines is 1. The number of ether oxygens (including phenoxy) is 1. The summed E-state index contributed by atoms with van der Waals surface area (Å²) in [7, 11) is 0. The monoisotopic (exact) mass is 602 g/mol. The summed E-state index contributed by atoms with van der Waals surface area (Å²) < 4.78 is 5.95. The molecule has 0 spiro atoms. The molecule has 0 radical (unpaired) electrons. The van der Waals surface area contributed by atoms with Gasteiger partial charge in [-0.05, 0) is 53.6 Å². The topological polar surface area (TPSA) is 32.8 Å². The number of halogens is 1. The molecule has 0 aliphatic carbocycles. The molecule has 0 unspecified atom stereocenters. The van der Waals surface area contributed by atoms with Crippen LogP contribution >= 0.6 is 28.7 Å². The Bertz CT molecular complexity index is 933. The molecule has 1 aliphatic heterocycles. The molecule has 4 nitrogen and oxygen atoms in total. The van der Waals surface area contributed by atoms with Crippen molar-refractivity contribution in [3.8, 4) is 5.75 Å². The molecule has 1 aliphatic rings. The van der Waals surface area contributed by atoms with Gasteiger partial charge >= 0.3 is 0 Å². The van der Waals surface area contributed by atoms with Crippen LogP contribution in [0.4, 0.5) is 5.69 Å². The number of rotatable bonds is 18. The lowest BCUT2D eigenvalue weighted by Gasteiger charge is -2.22. The Kier molecular flexibility index (Phi) is 16.3. The minimum atomic E-state index is 0. The Morgan fingerprint density at radius 3 is 2.05 bits per heavy atom. The minimum absolute atomic E-state index is 0. The van der Waals surface area contributed by atoms with Crippen molar-refractivity contribution in [1.82, 2.24) is 4.90 Å². The fraction of sp³-hybridized carbons (Fsp3) is 0.531. The number of hydrogen-bond donors (Lipinski definition) is 0. The van der Waals surface area contributed by atoms with E-state index in [1.54, 1.807) is 6.92 Å². The molecule has 6 heteroatoms. The van der Waals surface area contributed by atoms with Gasteiger partial charge in [0.15, 0.2) is 0 Å². The van der Waals surface area contributed by atoms with Gasteiger partial charge in [0.25, 0.3) is 0 Å². The molecule has 0 saturated carbocycles. The molecule has 2 aromatic rings. The van der Waals surface area contributed by atoms with Gasteiger partial charge in [0.2, 0.25) is 5.91 Å². The molecule has 1 amide bonds. The normalized spacial score (nSPS) is 12.4. The van der Waals surface area contributed by atoms with Crippen molar-refractivity contribution < 1.29 is 9.53 Å². The zero-order valence-corrected chi connectivity index (χ0v) is 25.9. The van der Waals surface area contributed by atoms with Crippen molar-refractivity contribution in [2.75, 3.05) is 23.9 Å². The molecule has 0 N–H and O–H groups in total. The second-order valence-corrected chi connectivity index (χ2v) is 11.0. The van der Waals surface area contributed by atoms with E-state index in [4.69, 9.17) is 4.74 Å². The van der Waals surface area contributed by atoms with Crippen LogP contribution < -0.4 is 9.64 Å². The zero-order chi connectivity index (χ0) is 26.1. The molecule has 0 aromatic heterocycles. The number of hydrogen-bond acceptors (Lipinski definition) is 4. The van der Waals surface area contributed by atoms with Crippen molar-refractivity contribution >= 4 is 40.3 Å². The molecule has 0 bridgehead atoms. The van der Waals surface area contributed by atoms with Gasteiger partial charge in [-0.2, -0.15) is 0 Å². The highest BCUT2D eigenvalue weighted by Crippen LogP contribution is 2.21. The van der Waals surface area contributed by atoms with E-state index in [-0.39, 0.29) is 22.9 Å². The van der Waals surface area contributed by atoms with Crippen LogP contribution in [0.15, 0.2) is 60.1 Å². The first kappa shape index (κ1) is 32.3. The molecule has 0 atom stereocenters. The van der Waals surface area contributed by atoms with Crippen LogP contribution in [0.5, 0.6) is 5.75 Å². The first-order valence-corrected chi connectivity index (χ1v) is 15.3. The summed E-state index contributed by atoms with van der Waals surface area (Å²) in [5.74, 6) is 2.01. The molecule has 2 aromatic carbocycles. The molecule has 38 heavy (non-hydrogen) atoms. The minimum Gasteiger partial charge on any atom is -0.494 e. The van der Waals surface area contributed by atoms with Gasteiger partial charge < -0.3 is 14.5 Å². The summed E-state index contributed by atoms with van der Waals surface area (Å²) >= 11 is 1.81. The van der Waals surface area contributed by atoms with Crippen LogP contribution in [0.1, 0.15) is 89.2 Å².